The summed E-state index contributed by atoms with van der Waals surface area (Å²) in [4.78, 5) is 14.1. The molecule has 0 radical (unpaired) electrons. The lowest BCUT2D eigenvalue weighted by Crippen LogP contribution is -2.34. The van der Waals surface area contributed by atoms with Crippen LogP contribution >= 0.6 is 0 Å². The zero-order chi connectivity index (χ0) is 25.8. The molecule has 1 fully saturated rings. The van der Waals surface area contributed by atoms with Crippen LogP contribution in [0, 0.1) is 0 Å². The van der Waals surface area contributed by atoms with Crippen LogP contribution in [-0.2, 0) is 17.9 Å². The van der Waals surface area contributed by atoms with Crippen molar-refractivity contribution in [1.29, 1.82) is 0 Å². The molecule has 2 aliphatic rings. The lowest BCUT2D eigenvalue weighted by atomic mass is 9.94. The molecule has 0 saturated heterocycles. The number of fused-ring (bicyclic) bond motifs is 2. The van der Waals surface area contributed by atoms with Gasteiger partial charge < -0.3 is 30.5 Å². The highest BCUT2D eigenvalue weighted by molar-refractivity contribution is 5.97. The minimum Gasteiger partial charge on any atom is -0.506 e. The number of carbonyl (C=O) groups excluding carboxylic acids is 1. The van der Waals surface area contributed by atoms with Crippen LogP contribution in [0.3, 0.4) is 0 Å². The topological polar surface area (TPSA) is 125 Å². The van der Waals surface area contributed by atoms with Crippen molar-refractivity contribution in [2.45, 2.75) is 63.8 Å². The van der Waals surface area contributed by atoms with Gasteiger partial charge in [-0.1, -0.05) is 30.5 Å². The number of aliphatic hydroxyl groups excluding tert-OH is 1. The number of hydrogen-bond acceptors (Lipinski definition) is 8. The fourth-order valence-electron chi connectivity index (χ4n) is 5.37. The minimum atomic E-state index is -0.874. The Labute approximate surface area is 216 Å². The molecule has 1 atom stereocenters. The summed E-state index contributed by atoms with van der Waals surface area (Å²) in [5.41, 5.74) is 3.63. The van der Waals surface area contributed by atoms with Crippen molar-refractivity contribution < 1.29 is 19.7 Å². The maximum absolute atomic E-state index is 11.6. The van der Waals surface area contributed by atoms with Crippen molar-refractivity contribution in [3.63, 3.8) is 0 Å². The number of anilines is 1. The van der Waals surface area contributed by atoms with Gasteiger partial charge in [0.25, 0.3) is 5.91 Å². The summed E-state index contributed by atoms with van der Waals surface area (Å²) in [6, 6.07) is 9.90. The third-order valence-corrected chi connectivity index (χ3v) is 7.46. The van der Waals surface area contributed by atoms with Crippen LogP contribution in [0.2, 0.25) is 0 Å². The van der Waals surface area contributed by atoms with Gasteiger partial charge in [-0.05, 0) is 62.7 Å². The first-order valence-electron chi connectivity index (χ1n) is 13.2. The number of hydrogen-bond donors (Lipinski definition) is 4. The van der Waals surface area contributed by atoms with E-state index in [9.17, 15) is 15.0 Å². The number of aliphatic hydroxyl groups is 1. The Morgan fingerprint density at radius 3 is 2.92 bits per heavy atom. The molecule has 5 rings (SSSR count). The number of nitrogens with zero attached hydrogens (tertiary/aromatic N) is 4. The van der Waals surface area contributed by atoms with Crippen LogP contribution in [0.15, 0.2) is 30.3 Å². The predicted octanol–water partition coefficient (Wildman–Crippen LogP) is 2.95. The van der Waals surface area contributed by atoms with E-state index in [1.165, 1.54) is 38.2 Å². The van der Waals surface area contributed by atoms with Gasteiger partial charge in [-0.3, -0.25) is 4.79 Å². The molecule has 3 aromatic rings. The number of phenols is 1. The molecule has 198 valence electrons. The predicted molar refractivity (Wildman–Crippen MR) is 141 cm³/mol. The fourth-order valence-corrected chi connectivity index (χ4v) is 5.37. The second kappa shape index (κ2) is 11.5. The lowest BCUT2D eigenvalue weighted by molar-refractivity contribution is -0.118. The Hall–Kier alpha value is -3.21. The van der Waals surface area contributed by atoms with E-state index in [0.717, 1.165) is 42.1 Å². The van der Waals surface area contributed by atoms with Crippen LogP contribution in [0.4, 0.5) is 5.69 Å². The average Bonchev–Trinajstić information content (AvgIpc) is 3.31. The van der Waals surface area contributed by atoms with E-state index < -0.39 is 6.10 Å². The van der Waals surface area contributed by atoms with E-state index in [2.05, 4.69) is 45.0 Å². The summed E-state index contributed by atoms with van der Waals surface area (Å²) in [5, 5.41) is 35.3. The molecule has 2 heterocycles. The highest BCUT2D eigenvalue weighted by atomic mass is 16.5. The SMILES string of the molecule is CN(CCCn1nnc2cc(CNC[C@H](O)c3ccc(O)c4c3OCC(=O)N4)ccc21)C1CCCCC1. The standard InChI is InChI=1S/C27H36N6O4/c1-32(19-6-3-2-4-7-19)12-5-13-33-22-10-8-18(14-21(22)30-31-33)15-28-16-24(35)20-9-11-23(34)26-27(20)37-17-25(36)29-26/h8-11,14,19,24,28,34-35H,2-7,12-13,15-17H2,1H3,(H,29,36)/t24-/m0/s1. The average molecular weight is 509 g/mol. The summed E-state index contributed by atoms with van der Waals surface area (Å²) in [6.07, 6.45) is 6.89. The molecule has 1 saturated carbocycles. The molecule has 1 aliphatic heterocycles. The lowest BCUT2D eigenvalue weighted by Gasteiger charge is -2.31. The number of aromatic nitrogens is 3. The molecule has 0 bridgehead atoms. The largest absolute Gasteiger partial charge is 0.506 e. The van der Waals surface area contributed by atoms with Gasteiger partial charge in [-0.2, -0.15) is 0 Å². The zero-order valence-corrected chi connectivity index (χ0v) is 21.3. The Morgan fingerprint density at radius 1 is 1.24 bits per heavy atom. The third kappa shape index (κ3) is 5.87. The molecular weight excluding hydrogens is 472 g/mol. The van der Waals surface area contributed by atoms with Gasteiger partial charge in [-0.15, -0.1) is 5.10 Å². The maximum atomic E-state index is 11.6. The first-order valence-corrected chi connectivity index (χ1v) is 13.2. The molecule has 37 heavy (non-hydrogen) atoms. The highest BCUT2D eigenvalue weighted by Crippen LogP contribution is 2.41. The van der Waals surface area contributed by atoms with E-state index in [0.29, 0.717) is 17.9 Å². The molecule has 10 heteroatoms. The van der Waals surface area contributed by atoms with Gasteiger partial charge >= 0.3 is 0 Å². The van der Waals surface area contributed by atoms with Crippen LogP contribution in [0.5, 0.6) is 11.5 Å². The van der Waals surface area contributed by atoms with Crippen molar-refractivity contribution in [2.24, 2.45) is 0 Å². The van der Waals surface area contributed by atoms with E-state index >= 15 is 0 Å². The summed E-state index contributed by atoms with van der Waals surface area (Å²) >= 11 is 0. The van der Waals surface area contributed by atoms with Crippen molar-refractivity contribution in [2.75, 3.05) is 32.1 Å². The molecule has 1 amide bonds. The number of aromatic hydroxyl groups is 1. The summed E-state index contributed by atoms with van der Waals surface area (Å²) in [7, 11) is 2.24. The number of aryl methyl sites for hydroxylation is 1. The number of carbonyl (C=O) groups is 1. The highest BCUT2D eigenvalue weighted by Gasteiger charge is 2.25. The molecule has 1 aromatic heterocycles. The third-order valence-electron chi connectivity index (χ3n) is 7.46. The van der Waals surface area contributed by atoms with Crippen LogP contribution in [0.1, 0.15) is 55.8 Å². The van der Waals surface area contributed by atoms with Gasteiger partial charge in [0.15, 0.2) is 12.4 Å². The van der Waals surface area contributed by atoms with Crippen LogP contribution < -0.4 is 15.4 Å². The molecule has 0 spiro atoms. The zero-order valence-electron chi connectivity index (χ0n) is 21.3. The van der Waals surface area contributed by atoms with E-state index in [1.54, 1.807) is 6.07 Å². The van der Waals surface area contributed by atoms with E-state index in [4.69, 9.17) is 4.74 Å². The Morgan fingerprint density at radius 2 is 2.08 bits per heavy atom. The van der Waals surface area contributed by atoms with Crippen molar-refractivity contribution in [3.05, 3.63) is 41.5 Å². The van der Waals surface area contributed by atoms with Gasteiger partial charge in [0.1, 0.15) is 17.0 Å². The minimum absolute atomic E-state index is 0.0930. The van der Waals surface area contributed by atoms with Gasteiger partial charge in [0, 0.05) is 31.2 Å². The molecule has 4 N–H and O–H groups in total. The number of amides is 1. The van der Waals surface area contributed by atoms with E-state index in [1.807, 2.05) is 10.7 Å². The molecular formula is C27H36N6O4. The smallest absolute Gasteiger partial charge is 0.262 e. The summed E-state index contributed by atoms with van der Waals surface area (Å²) < 4.78 is 7.46. The quantitative estimate of drug-likeness (QED) is 0.308. The molecule has 2 aromatic carbocycles. The molecule has 1 aliphatic carbocycles. The Balaban J connectivity index is 1.13. The van der Waals surface area contributed by atoms with Gasteiger partial charge in [0.05, 0.1) is 11.6 Å². The van der Waals surface area contributed by atoms with E-state index in [-0.39, 0.29) is 30.5 Å². The van der Waals surface area contributed by atoms with Gasteiger partial charge in [-0.25, -0.2) is 4.68 Å². The van der Waals surface area contributed by atoms with Crippen molar-refractivity contribution >= 4 is 22.6 Å². The second-order valence-electron chi connectivity index (χ2n) is 10.1. The molecule has 10 nitrogen and oxygen atoms in total. The second-order valence-corrected chi connectivity index (χ2v) is 10.1. The summed E-state index contributed by atoms with van der Waals surface area (Å²) in [5.74, 6) is -0.131. The first kappa shape index (κ1) is 25.4. The fraction of sp³-hybridized carbons (Fsp3) is 0.519. The Kier molecular flexibility index (Phi) is 7.87. The van der Waals surface area contributed by atoms with Crippen LogP contribution in [-0.4, -0.2) is 68.8 Å². The maximum Gasteiger partial charge on any atom is 0.262 e. The number of nitrogens with one attached hydrogen (secondary N) is 2. The van der Waals surface area contributed by atoms with Crippen molar-refractivity contribution in [1.82, 2.24) is 25.2 Å². The van der Waals surface area contributed by atoms with Gasteiger partial charge in [0.2, 0.25) is 0 Å². The summed E-state index contributed by atoms with van der Waals surface area (Å²) in [6.45, 7) is 2.58. The number of phenolic OH excluding ortho intramolecular Hbond substituents is 1. The first-order chi connectivity index (χ1) is 18.0. The Bertz CT molecular complexity index is 1240. The number of benzene rings is 2. The monoisotopic (exact) mass is 508 g/mol. The van der Waals surface area contributed by atoms with Crippen LogP contribution in [0.25, 0.3) is 11.0 Å². The normalized spacial score (nSPS) is 17.0. The van der Waals surface area contributed by atoms with Crippen molar-refractivity contribution in [3.8, 4) is 11.5 Å². The number of ether oxygens (including phenoxy) is 1. The number of rotatable bonds is 10. The molecule has 0 unspecified atom stereocenters.